The van der Waals surface area contributed by atoms with Crippen molar-refractivity contribution in [3.8, 4) is 0 Å². The molecular formula is C17H21Cl2FN2O2. The maximum Gasteiger partial charge on any atom is 0.253 e. The second-order valence-electron chi connectivity index (χ2n) is 6.47. The number of nitrogens with zero attached hydrogens (tertiary/aromatic N) is 1. The maximum absolute atomic E-state index is 13.5. The Kier molecular flexibility index (Phi) is 6.47. The summed E-state index contributed by atoms with van der Waals surface area (Å²) in [6.45, 7) is 5.25. The summed E-state index contributed by atoms with van der Waals surface area (Å²) in [4.78, 5) is 26.1. The highest BCUT2D eigenvalue weighted by atomic mass is 35.5. The molecule has 7 heteroatoms. The van der Waals surface area contributed by atoms with E-state index in [1.807, 2.05) is 18.7 Å². The Bertz CT molecular complexity index is 629. The van der Waals surface area contributed by atoms with Crippen LogP contribution in [0.15, 0.2) is 12.1 Å². The fourth-order valence-corrected chi connectivity index (χ4v) is 3.18. The molecule has 1 aliphatic heterocycles. The standard InChI is InChI=1S/C17H21Cl2FN2O2/c1-10(2)7-16(23)22-5-3-11(4-6-22)21-17(24)12-8-15(20)14(19)9-13(12)18/h8-11H,3-7H2,1-2H3,(H,21,24). The van der Waals surface area contributed by atoms with Crippen LogP contribution in [0.1, 0.15) is 43.5 Å². The van der Waals surface area contributed by atoms with Crippen molar-refractivity contribution in [2.75, 3.05) is 13.1 Å². The molecule has 0 bridgehead atoms. The Morgan fingerprint density at radius 1 is 1.25 bits per heavy atom. The number of rotatable bonds is 4. The van der Waals surface area contributed by atoms with Crippen molar-refractivity contribution in [1.82, 2.24) is 10.2 Å². The highest BCUT2D eigenvalue weighted by molar-refractivity contribution is 6.36. The first kappa shape index (κ1) is 19.0. The predicted molar refractivity (Wildman–Crippen MR) is 92.9 cm³/mol. The molecule has 1 aromatic carbocycles. The SMILES string of the molecule is CC(C)CC(=O)N1CCC(NC(=O)c2cc(F)c(Cl)cc2Cl)CC1. The molecule has 0 unspecified atom stereocenters. The van der Waals surface area contributed by atoms with E-state index in [0.717, 1.165) is 6.07 Å². The molecule has 0 radical (unpaired) electrons. The Hall–Kier alpha value is -1.33. The maximum atomic E-state index is 13.5. The Balaban J connectivity index is 1.91. The number of halogens is 3. The van der Waals surface area contributed by atoms with Crippen LogP contribution in [0.4, 0.5) is 4.39 Å². The molecule has 0 aliphatic carbocycles. The number of likely N-dealkylation sites (tertiary alicyclic amines) is 1. The van der Waals surface area contributed by atoms with Gasteiger partial charge in [-0.1, -0.05) is 37.0 Å². The van der Waals surface area contributed by atoms with E-state index >= 15 is 0 Å². The Labute approximate surface area is 151 Å². The van der Waals surface area contributed by atoms with E-state index in [1.165, 1.54) is 6.07 Å². The van der Waals surface area contributed by atoms with Gasteiger partial charge in [-0.05, 0) is 30.9 Å². The van der Waals surface area contributed by atoms with Crippen LogP contribution in [0.25, 0.3) is 0 Å². The minimum atomic E-state index is -0.680. The predicted octanol–water partition coefficient (Wildman–Crippen LogP) is 3.90. The van der Waals surface area contributed by atoms with E-state index in [1.54, 1.807) is 0 Å². The second-order valence-corrected chi connectivity index (χ2v) is 7.29. The number of carbonyl (C=O) groups is 2. The van der Waals surface area contributed by atoms with Gasteiger partial charge in [0, 0.05) is 25.6 Å². The zero-order valence-corrected chi connectivity index (χ0v) is 15.3. The number of nitrogens with one attached hydrogen (secondary N) is 1. The van der Waals surface area contributed by atoms with Crippen LogP contribution < -0.4 is 5.32 Å². The van der Waals surface area contributed by atoms with Crippen molar-refractivity contribution in [3.05, 3.63) is 33.6 Å². The van der Waals surface area contributed by atoms with Crippen molar-refractivity contribution in [2.24, 2.45) is 5.92 Å². The quantitative estimate of drug-likeness (QED) is 0.812. The van der Waals surface area contributed by atoms with Gasteiger partial charge < -0.3 is 10.2 Å². The molecule has 1 heterocycles. The van der Waals surface area contributed by atoms with E-state index in [-0.39, 0.29) is 27.6 Å². The van der Waals surface area contributed by atoms with Gasteiger partial charge in [0.2, 0.25) is 5.91 Å². The van der Waals surface area contributed by atoms with Crippen LogP contribution in [0.2, 0.25) is 10.0 Å². The highest BCUT2D eigenvalue weighted by Gasteiger charge is 2.25. The first-order valence-corrected chi connectivity index (χ1v) is 8.76. The van der Waals surface area contributed by atoms with Crippen LogP contribution in [0, 0.1) is 11.7 Å². The summed E-state index contributed by atoms with van der Waals surface area (Å²) < 4.78 is 13.5. The summed E-state index contributed by atoms with van der Waals surface area (Å²) in [5.41, 5.74) is 0.0666. The van der Waals surface area contributed by atoms with Crippen molar-refractivity contribution in [1.29, 1.82) is 0 Å². The fraction of sp³-hybridized carbons (Fsp3) is 0.529. The molecule has 2 amide bonds. The van der Waals surface area contributed by atoms with Crippen LogP contribution >= 0.6 is 23.2 Å². The third kappa shape index (κ3) is 4.84. The topological polar surface area (TPSA) is 49.4 Å². The summed E-state index contributed by atoms with van der Waals surface area (Å²) >= 11 is 11.6. The lowest BCUT2D eigenvalue weighted by Crippen LogP contribution is -2.46. The third-order valence-corrected chi connectivity index (χ3v) is 4.62. The zero-order valence-electron chi connectivity index (χ0n) is 13.7. The Morgan fingerprint density at radius 2 is 1.88 bits per heavy atom. The van der Waals surface area contributed by atoms with Gasteiger partial charge in [-0.25, -0.2) is 4.39 Å². The summed E-state index contributed by atoms with van der Waals surface area (Å²) in [6.07, 6.45) is 1.88. The molecule has 1 fully saturated rings. The number of benzene rings is 1. The minimum absolute atomic E-state index is 0.0598. The van der Waals surface area contributed by atoms with Gasteiger partial charge in [0.15, 0.2) is 0 Å². The first-order chi connectivity index (χ1) is 11.3. The normalized spacial score (nSPS) is 15.7. The van der Waals surface area contributed by atoms with Crippen LogP contribution in [-0.2, 0) is 4.79 Å². The number of hydrogen-bond donors (Lipinski definition) is 1. The molecule has 132 valence electrons. The number of carbonyl (C=O) groups excluding carboxylic acids is 2. The van der Waals surface area contributed by atoms with Crippen LogP contribution in [-0.4, -0.2) is 35.8 Å². The molecule has 1 N–H and O–H groups in total. The number of piperidine rings is 1. The van der Waals surface area contributed by atoms with Crippen molar-refractivity contribution in [2.45, 2.75) is 39.2 Å². The van der Waals surface area contributed by atoms with Crippen LogP contribution in [0.5, 0.6) is 0 Å². The van der Waals surface area contributed by atoms with E-state index < -0.39 is 11.7 Å². The number of hydrogen-bond acceptors (Lipinski definition) is 2. The van der Waals surface area contributed by atoms with Crippen LogP contribution in [0.3, 0.4) is 0 Å². The zero-order chi connectivity index (χ0) is 17.9. The second kappa shape index (κ2) is 8.17. The molecule has 0 saturated carbocycles. The first-order valence-electron chi connectivity index (χ1n) is 8.01. The summed E-state index contributed by atoms with van der Waals surface area (Å²) in [5.74, 6) is -0.627. The smallest absolute Gasteiger partial charge is 0.253 e. The van der Waals surface area contributed by atoms with Gasteiger partial charge in [-0.3, -0.25) is 9.59 Å². The highest BCUT2D eigenvalue weighted by Crippen LogP contribution is 2.24. The van der Waals surface area contributed by atoms with Gasteiger partial charge in [-0.15, -0.1) is 0 Å². The lowest BCUT2D eigenvalue weighted by molar-refractivity contribution is -0.133. The van der Waals surface area contributed by atoms with Gasteiger partial charge in [0.25, 0.3) is 5.91 Å². The third-order valence-electron chi connectivity index (χ3n) is 4.02. The molecular weight excluding hydrogens is 354 g/mol. The van der Waals surface area contributed by atoms with Crippen molar-refractivity contribution >= 4 is 35.0 Å². The molecule has 2 rings (SSSR count). The summed E-state index contributed by atoms with van der Waals surface area (Å²) in [6, 6.07) is 2.21. The fourth-order valence-electron chi connectivity index (χ4n) is 2.71. The lowest BCUT2D eigenvalue weighted by atomic mass is 10.0. The van der Waals surface area contributed by atoms with E-state index in [2.05, 4.69) is 5.32 Å². The number of amides is 2. The minimum Gasteiger partial charge on any atom is -0.349 e. The average Bonchev–Trinajstić information content (AvgIpc) is 2.50. The molecule has 1 saturated heterocycles. The summed E-state index contributed by atoms with van der Waals surface area (Å²) in [5, 5.41) is 2.85. The molecule has 24 heavy (non-hydrogen) atoms. The Morgan fingerprint density at radius 3 is 2.46 bits per heavy atom. The monoisotopic (exact) mass is 374 g/mol. The average molecular weight is 375 g/mol. The summed E-state index contributed by atoms with van der Waals surface area (Å²) in [7, 11) is 0. The van der Waals surface area contributed by atoms with Gasteiger partial charge in [0.05, 0.1) is 15.6 Å². The molecule has 1 aromatic rings. The van der Waals surface area contributed by atoms with E-state index in [4.69, 9.17) is 23.2 Å². The molecule has 0 spiro atoms. The molecule has 4 nitrogen and oxygen atoms in total. The van der Waals surface area contributed by atoms with Crippen molar-refractivity contribution < 1.29 is 14.0 Å². The lowest BCUT2D eigenvalue weighted by Gasteiger charge is -2.33. The van der Waals surface area contributed by atoms with E-state index in [9.17, 15) is 14.0 Å². The molecule has 1 aliphatic rings. The van der Waals surface area contributed by atoms with Gasteiger partial charge in [0.1, 0.15) is 5.82 Å². The largest absolute Gasteiger partial charge is 0.349 e. The molecule has 0 aromatic heterocycles. The van der Waals surface area contributed by atoms with Gasteiger partial charge >= 0.3 is 0 Å². The van der Waals surface area contributed by atoms with E-state index in [0.29, 0.717) is 38.3 Å². The van der Waals surface area contributed by atoms with Gasteiger partial charge in [-0.2, -0.15) is 0 Å². The van der Waals surface area contributed by atoms with Crippen molar-refractivity contribution in [3.63, 3.8) is 0 Å². The molecule has 0 atom stereocenters.